The zero-order valence-electron chi connectivity index (χ0n) is 9.87. The van der Waals surface area contributed by atoms with Gasteiger partial charge in [0.25, 0.3) is 5.91 Å². The highest BCUT2D eigenvalue weighted by atomic mass is 32.1. The fourth-order valence-corrected chi connectivity index (χ4v) is 2.10. The molecule has 0 aliphatic rings. The van der Waals surface area contributed by atoms with Crippen LogP contribution in [-0.4, -0.2) is 33.5 Å². The molecule has 0 saturated heterocycles. The molecule has 0 radical (unpaired) electrons. The van der Waals surface area contributed by atoms with E-state index >= 15 is 0 Å². The largest absolute Gasteiger partial charge is 0.478 e. The Kier molecular flexibility index (Phi) is 4.19. The number of hydrogen-bond acceptors (Lipinski definition) is 5. The molecule has 0 atom stereocenters. The second kappa shape index (κ2) is 6.05. The number of pyridine rings is 1. The van der Waals surface area contributed by atoms with E-state index in [1.165, 1.54) is 29.7 Å². The Hall–Kier alpha value is -2.28. The molecule has 0 spiro atoms. The molecule has 2 aromatic rings. The van der Waals surface area contributed by atoms with Gasteiger partial charge in [0.05, 0.1) is 16.8 Å². The normalized spacial score (nSPS) is 10.1. The van der Waals surface area contributed by atoms with Crippen LogP contribution in [-0.2, 0) is 6.42 Å². The van der Waals surface area contributed by atoms with Crippen molar-refractivity contribution in [1.29, 1.82) is 0 Å². The van der Waals surface area contributed by atoms with Gasteiger partial charge in [0.1, 0.15) is 5.69 Å². The highest BCUT2D eigenvalue weighted by Crippen LogP contribution is 2.05. The van der Waals surface area contributed by atoms with Gasteiger partial charge in [-0.2, -0.15) is 0 Å². The van der Waals surface area contributed by atoms with Crippen LogP contribution in [0.1, 0.15) is 26.5 Å². The summed E-state index contributed by atoms with van der Waals surface area (Å²) < 4.78 is 0. The SMILES string of the molecule is O=C(O)c1cccnc1C(=O)NCCc1cscn1. The van der Waals surface area contributed by atoms with E-state index in [1.807, 2.05) is 5.38 Å². The Morgan fingerprint density at radius 1 is 1.37 bits per heavy atom. The minimum atomic E-state index is -1.17. The zero-order chi connectivity index (χ0) is 13.7. The van der Waals surface area contributed by atoms with Crippen LogP contribution in [0.25, 0.3) is 0 Å². The third kappa shape index (κ3) is 3.35. The van der Waals surface area contributed by atoms with Crippen LogP contribution in [0.4, 0.5) is 0 Å². The van der Waals surface area contributed by atoms with E-state index in [0.717, 1.165) is 5.69 Å². The topological polar surface area (TPSA) is 92.2 Å². The molecule has 98 valence electrons. The molecule has 0 aromatic carbocycles. The molecule has 0 fully saturated rings. The van der Waals surface area contributed by atoms with Crippen molar-refractivity contribution in [1.82, 2.24) is 15.3 Å². The zero-order valence-corrected chi connectivity index (χ0v) is 10.7. The van der Waals surface area contributed by atoms with E-state index in [2.05, 4.69) is 15.3 Å². The standard InChI is InChI=1S/C12H11N3O3S/c16-11(14-5-3-8-6-19-7-15-8)10-9(12(17)18)2-1-4-13-10/h1-2,4,6-7H,3,5H2,(H,14,16)(H,17,18). The van der Waals surface area contributed by atoms with Crippen molar-refractivity contribution in [3.8, 4) is 0 Å². The number of thiazole rings is 1. The van der Waals surface area contributed by atoms with E-state index in [1.54, 1.807) is 5.51 Å². The average Bonchev–Trinajstić information content (AvgIpc) is 2.91. The van der Waals surface area contributed by atoms with Crippen molar-refractivity contribution in [2.24, 2.45) is 0 Å². The number of amides is 1. The molecule has 6 nitrogen and oxygen atoms in total. The minimum absolute atomic E-state index is 0.0757. The van der Waals surface area contributed by atoms with Crippen molar-refractivity contribution in [2.45, 2.75) is 6.42 Å². The van der Waals surface area contributed by atoms with Gasteiger partial charge in [0.2, 0.25) is 0 Å². The van der Waals surface area contributed by atoms with Gasteiger partial charge >= 0.3 is 5.97 Å². The van der Waals surface area contributed by atoms with Crippen LogP contribution in [0.15, 0.2) is 29.2 Å². The molecule has 2 heterocycles. The molecule has 0 bridgehead atoms. The lowest BCUT2D eigenvalue weighted by molar-refractivity contribution is 0.0690. The van der Waals surface area contributed by atoms with E-state index in [9.17, 15) is 9.59 Å². The van der Waals surface area contributed by atoms with Gasteiger partial charge < -0.3 is 10.4 Å². The van der Waals surface area contributed by atoms with Crippen LogP contribution in [0.3, 0.4) is 0 Å². The van der Waals surface area contributed by atoms with Crippen molar-refractivity contribution in [3.63, 3.8) is 0 Å². The number of aromatic carboxylic acids is 1. The fraction of sp³-hybridized carbons (Fsp3) is 0.167. The van der Waals surface area contributed by atoms with Gasteiger partial charge in [-0.25, -0.2) is 9.78 Å². The highest BCUT2D eigenvalue weighted by Gasteiger charge is 2.16. The Bertz CT molecular complexity index is 584. The van der Waals surface area contributed by atoms with Gasteiger partial charge in [0.15, 0.2) is 0 Å². The molecule has 2 aromatic heterocycles. The summed E-state index contributed by atoms with van der Waals surface area (Å²) in [5.41, 5.74) is 2.44. The van der Waals surface area contributed by atoms with E-state index in [-0.39, 0.29) is 11.3 Å². The molecular formula is C12H11N3O3S. The number of carbonyl (C=O) groups is 2. The first kappa shape index (κ1) is 13.2. The molecule has 0 saturated carbocycles. The van der Waals surface area contributed by atoms with E-state index < -0.39 is 11.9 Å². The molecule has 19 heavy (non-hydrogen) atoms. The summed E-state index contributed by atoms with van der Waals surface area (Å²) in [4.78, 5) is 30.7. The maximum absolute atomic E-state index is 11.8. The van der Waals surface area contributed by atoms with E-state index in [4.69, 9.17) is 5.11 Å². The Labute approximate surface area is 113 Å². The third-order valence-corrected chi connectivity index (χ3v) is 3.04. The molecular weight excluding hydrogens is 266 g/mol. The third-order valence-electron chi connectivity index (χ3n) is 2.40. The first-order valence-corrected chi connectivity index (χ1v) is 6.46. The predicted octanol–water partition coefficient (Wildman–Crippen LogP) is 1.21. The van der Waals surface area contributed by atoms with Gasteiger partial charge in [-0.15, -0.1) is 11.3 Å². The predicted molar refractivity (Wildman–Crippen MR) is 69.3 cm³/mol. The molecule has 1 amide bonds. The van der Waals surface area contributed by atoms with Crippen molar-refractivity contribution >= 4 is 23.2 Å². The first-order chi connectivity index (χ1) is 9.18. The lowest BCUT2D eigenvalue weighted by atomic mass is 10.2. The van der Waals surface area contributed by atoms with Crippen LogP contribution >= 0.6 is 11.3 Å². The summed E-state index contributed by atoms with van der Waals surface area (Å²) in [5, 5.41) is 13.5. The van der Waals surface area contributed by atoms with Crippen LogP contribution in [0.2, 0.25) is 0 Å². The van der Waals surface area contributed by atoms with Crippen LogP contribution < -0.4 is 5.32 Å². The summed E-state index contributed by atoms with van der Waals surface area (Å²) in [5.74, 6) is -1.66. The summed E-state index contributed by atoms with van der Waals surface area (Å²) >= 11 is 1.49. The second-order valence-electron chi connectivity index (χ2n) is 3.69. The highest BCUT2D eigenvalue weighted by molar-refractivity contribution is 7.07. The quantitative estimate of drug-likeness (QED) is 0.857. The molecule has 0 aliphatic carbocycles. The molecule has 0 aliphatic heterocycles. The minimum Gasteiger partial charge on any atom is -0.478 e. The molecule has 7 heteroatoms. The van der Waals surface area contributed by atoms with Gasteiger partial charge in [-0.05, 0) is 12.1 Å². The molecule has 2 N–H and O–H groups in total. The summed E-state index contributed by atoms with van der Waals surface area (Å²) in [7, 11) is 0. The summed E-state index contributed by atoms with van der Waals surface area (Å²) in [6.45, 7) is 0.387. The number of aromatic nitrogens is 2. The number of carbonyl (C=O) groups excluding carboxylic acids is 1. The van der Waals surface area contributed by atoms with Gasteiger partial charge in [-0.1, -0.05) is 0 Å². The second-order valence-corrected chi connectivity index (χ2v) is 4.41. The van der Waals surface area contributed by atoms with Crippen LogP contribution in [0.5, 0.6) is 0 Å². The molecule has 2 rings (SSSR count). The lowest BCUT2D eigenvalue weighted by Gasteiger charge is -2.05. The smallest absolute Gasteiger partial charge is 0.338 e. The Balaban J connectivity index is 1.98. The van der Waals surface area contributed by atoms with Gasteiger partial charge in [-0.3, -0.25) is 9.78 Å². The van der Waals surface area contributed by atoms with Crippen molar-refractivity contribution in [2.75, 3.05) is 6.54 Å². The summed E-state index contributed by atoms with van der Waals surface area (Å²) in [6.07, 6.45) is 1.99. The maximum atomic E-state index is 11.8. The molecule has 0 unspecified atom stereocenters. The van der Waals surface area contributed by atoms with Crippen molar-refractivity contribution < 1.29 is 14.7 Å². The number of nitrogens with zero attached hydrogens (tertiary/aromatic N) is 2. The fourth-order valence-electron chi connectivity index (χ4n) is 1.51. The lowest BCUT2D eigenvalue weighted by Crippen LogP contribution is -2.28. The number of hydrogen-bond donors (Lipinski definition) is 2. The first-order valence-electron chi connectivity index (χ1n) is 5.52. The van der Waals surface area contributed by atoms with Crippen molar-refractivity contribution in [3.05, 3.63) is 46.2 Å². The summed E-state index contributed by atoms with van der Waals surface area (Å²) in [6, 6.07) is 2.83. The number of carboxylic acid groups (broad SMARTS) is 1. The Morgan fingerprint density at radius 3 is 2.89 bits per heavy atom. The van der Waals surface area contributed by atoms with Gasteiger partial charge in [0, 0.05) is 24.5 Å². The average molecular weight is 277 g/mol. The number of nitrogens with one attached hydrogen (secondary N) is 1. The number of rotatable bonds is 5. The monoisotopic (exact) mass is 277 g/mol. The van der Waals surface area contributed by atoms with E-state index in [0.29, 0.717) is 13.0 Å². The van der Waals surface area contributed by atoms with Crippen LogP contribution in [0, 0.1) is 0 Å². The number of carboxylic acids is 1. The Morgan fingerprint density at radius 2 is 2.21 bits per heavy atom. The maximum Gasteiger partial charge on any atom is 0.338 e.